The van der Waals surface area contributed by atoms with Crippen LogP contribution in [0.5, 0.6) is 0 Å². The van der Waals surface area contributed by atoms with E-state index in [0.717, 1.165) is 5.56 Å². The van der Waals surface area contributed by atoms with Gasteiger partial charge in [-0.05, 0) is 18.2 Å². The molecule has 16 heavy (non-hydrogen) atoms. The van der Waals surface area contributed by atoms with E-state index in [1.807, 2.05) is 19.9 Å². The van der Waals surface area contributed by atoms with E-state index < -0.39 is 0 Å². The molecular weight excluding hydrogens is 202 g/mol. The first-order chi connectivity index (χ1) is 7.70. The molecule has 0 saturated carbocycles. The maximum absolute atomic E-state index is 8.79. The number of nitrogens with zero attached hydrogens (tertiary/aromatic N) is 3. The maximum atomic E-state index is 8.79. The van der Waals surface area contributed by atoms with Crippen LogP contribution in [0.25, 0.3) is 11.5 Å². The Hall–Kier alpha value is -2.15. The SMILES string of the molecule is CC(C)c1nnc(-c2cccc(C#N)c2)o1. The molecule has 4 nitrogen and oxygen atoms in total. The quantitative estimate of drug-likeness (QED) is 0.769. The van der Waals surface area contributed by atoms with E-state index in [-0.39, 0.29) is 5.92 Å². The third kappa shape index (κ3) is 1.94. The highest BCUT2D eigenvalue weighted by Gasteiger charge is 2.11. The lowest BCUT2D eigenvalue weighted by Gasteiger charge is -1.96. The van der Waals surface area contributed by atoms with Gasteiger partial charge in [-0.3, -0.25) is 0 Å². The average Bonchev–Trinajstić information content (AvgIpc) is 2.78. The highest BCUT2D eigenvalue weighted by Crippen LogP contribution is 2.21. The predicted molar refractivity (Wildman–Crippen MR) is 58.5 cm³/mol. The number of rotatable bonds is 2. The molecule has 0 aliphatic rings. The van der Waals surface area contributed by atoms with Crippen LogP contribution in [0, 0.1) is 11.3 Å². The Labute approximate surface area is 93.5 Å². The van der Waals surface area contributed by atoms with Crippen LogP contribution in [0.3, 0.4) is 0 Å². The molecule has 0 radical (unpaired) electrons. The Bertz CT molecular complexity index is 537. The van der Waals surface area contributed by atoms with Crippen molar-refractivity contribution in [2.45, 2.75) is 19.8 Å². The molecule has 0 spiro atoms. The molecular formula is C12H11N3O. The third-order valence-corrected chi connectivity index (χ3v) is 2.17. The molecule has 0 aliphatic carbocycles. The van der Waals surface area contributed by atoms with Crippen molar-refractivity contribution < 1.29 is 4.42 Å². The van der Waals surface area contributed by atoms with Gasteiger partial charge in [-0.15, -0.1) is 10.2 Å². The molecule has 1 aromatic carbocycles. The van der Waals surface area contributed by atoms with Crippen LogP contribution in [0.2, 0.25) is 0 Å². The van der Waals surface area contributed by atoms with Crippen molar-refractivity contribution in [3.8, 4) is 17.5 Å². The van der Waals surface area contributed by atoms with E-state index >= 15 is 0 Å². The van der Waals surface area contributed by atoms with Gasteiger partial charge in [-0.25, -0.2) is 0 Å². The van der Waals surface area contributed by atoms with E-state index in [1.54, 1.807) is 18.2 Å². The molecule has 0 unspecified atom stereocenters. The van der Waals surface area contributed by atoms with Gasteiger partial charge >= 0.3 is 0 Å². The van der Waals surface area contributed by atoms with E-state index in [2.05, 4.69) is 16.3 Å². The van der Waals surface area contributed by atoms with Crippen molar-refractivity contribution in [2.24, 2.45) is 0 Å². The van der Waals surface area contributed by atoms with Gasteiger partial charge in [0.05, 0.1) is 11.6 Å². The first kappa shape index (κ1) is 10.4. The van der Waals surface area contributed by atoms with Crippen molar-refractivity contribution in [2.75, 3.05) is 0 Å². The average molecular weight is 213 g/mol. The van der Waals surface area contributed by atoms with Crippen LogP contribution in [0.4, 0.5) is 0 Å². The second kappa shape index (κ2) is 4.15. The summed E-state index contributed by atoms with van der Waals surface area (Å²) in [5.41, 5.74) is 1.36. The molecule has 0 atom stereocenters. The van der Waals surface area contributed by atoms with Crippen molar-refractivity contribution in [3.63, 3.8) is 0 Å². The number of benzene rings is 1. The molecule has 2 rings (SSSR count). The zero-order chi connectivity index (χ0) is 11.5. The second-order valence-electron chi connectivity index (χ2n) is 3.79. The van der Waals surface area contributed by atoms with Gasteiger partial charge in [0.15, 0.2) is 0 Å². The summed E-state index contributed by atoms with van der Waals surface area (Å²) >= 11 is 0. The largest absolute Gasteiger partial charge is 0.420 e. The van der Waals surface area contributed by atoms with Gasteiger partial charge < -0.3 is 4.42 Å². The third-order valence-electron chi connectivity index (χ3n) is 2.17. The molecule has 80 valence electrons. The van der Waals surface area contributed by atoms with E-state index in [4.69, 9.17) is 9.68 Å². The van der Waals surface area contributed by atoms with Crippen molar-refractivity contribution >= 4 is 0 Å². The Morgan fingerprint density at radius 2 is 2.12 bits per heavy atom. The van der Waals surface area contributed by atoms with Crippen LogP contribution in [0.15, 0.2) is 28.7 Å². The summed E-state index contributed by atoms with van der Waals surface area (Å²) in [6.07, 6.45) is 0. The second-order valence-corrected chi connectivity index (χ2v) is 3.79. The predicted octanol–water partition coefficient (Wildman–Crippen LogP) is 2.73. The van der Waals surface area contributed by atoms with E-state index in [1.165, 1.54) is 0 Å². The summed E-state index contributed by atoms with van der Waals surface area (Å²) in [6, 6.07) is 9.19. The summed E-state index contributed by atoms with van der Waals surface area (Å²) in [5.74, 6) is 1.28. The standard InChI is InChI=1S/C12H11N3O/c1-8(2)11-14-15-12(16-11)10-5-3-4-9(6-10)7-13/h3-6,8H,1-2H3. The normalized spacial score (nSPS) is 10.4. The fraction of sp³-hybridized carbons (Fsp3) is 0.250. The molecule has 1 aromatic heterocycles. The van der Waals surface area contributed by atoms with Gasteiger partial charge in [0, 0.05) is 11.5 Å². The summed E-state index contributed by atoms with van der Waals surface area (Å²) in [6.45, 7) is 3.98. The number of aromatic nitrogens is 2. The van der Waals surface area contributed by atoms with Crippen molar-refractivity contribution in [3.05, 3.63) is 35.7 Å². The Morgan fingerprint density at radius 1 is 1.31 bits per heavy atom. The van der Waals surface area contributed by atoms with E-state index in [0.29, 0.717) is 17.3 Å². The summed E-state index contributed by atoms with van der Waals surface area (Å²) < 4.78 is 5.50. The molecule has 1 heterocycles. The van der Waals surface area contributed by atoms with Gasteiger partial charge in [0.25, 0.3) is 0 Å². The molecule has 0 saturated heterocycles. The lowest BCUT2D eigenvalue weighted by Crippen LogP contribution is -1.85. The maximum Gasteiger partial charge on any atom is 0.247 e. The topological polar surface area (TPSA) is 62.7 Å². The highest BCUT2D eigenvalue weighted by molar-refractivity contribution is 5.55. The van der Waals surface area contributed by atoms with Crippen LogP contribution in [0.1, 0.15) is 31.2 Å². The van der Waals surface area contributed by atoms with Crippen LogP contribution in [-0.4, -0.2) is 10.2 Å². The monoisotopic (exact) mass is 213 g/mol. The number of hydrogen-bond donors (Lipinski definition) is 0. The Morgan fingerprint density at radius 3 is 2.75 bits per heavy atom. The highest BCUT2D eigenvalue weighted by atomic mass is 16.4. The minimum Gasteiger partial charge on any atom is -0.420 e. The first-order valence-electron chi connectivity index (χ1n) is 5.04. The van der Waals surface area contributed by atoms with Gasteiger partial charge in [0.2, 0.25) is 11.8 Å². The molecule has 4 heteroatoms. The number of hydrogen-bond acceptors (Lipinski definition) is 4. The first-order valence-corrected chi connectivity index (χ1v) is 5.04. The lowest BCUT2D eigenvalue weighted by molar-refractivity contribution is 0.481. The summed E-state index contributed by atoms with van der Waals surface area (Å²) in [7, 11) is 0. The van der Waals surface area contributed by atoms with Gasteiger partial charge in [-0.2, -0.15) is 5.26 Å². The Kier molecular flexibility index (Phi) is 2.69. The van der Waals surface area contributed by atoms with Crippen LogP contribution in [-0.2, 0) is 0 Å². The van der Waals surface area contributed by atoms with Crippen LogP contribution < -0.4 is 0 Å². The van der Waals surface area contributed by atoms with Gasteiger partial charge in [0.1, 0.15) is 0 Å². The molecule has 0 fully saturated rings. The van der Waals surface area contributed by atoms with Crippen LogP contribution >= 0.6 is 0 Å². The molecule has 0 N–H and O–H groups in total. The molecule has 2 aromatic rings. The smallest absolute Gasteiger partial charge is 0.247 e. The lowest BCUT2D eigenvalue weighted by atomic mass is 10.1. The molecule has 0 bridgehead atoms. The van der Waals surface area contributed by atoms with Crippen molar-refractivity contribution in [1.82, 2.24) is 10.2 Å². The minimum atomic E-state index is 0.209. The fourth-order valence-corrected chi connectivity index (χ4v) is 1.31. The number of nitriles is 1. The fourth-order valence-electron chi connectivity index (χ4n) is 1.31. The molecule has 0 aliphatic heterocycles. The minimum absolute atomic E-state index is 0.209. The Balaban J connectivity index is 2.39. The zero-order valence-corrected chi connectivity index (χ0v) is 9.14. The molecule has 0 amide bonds. The van der Waals surface area contributed by atoms with E-state index in [9.17, 15) is 0 Å². The van der Waals surface area contributed by atoms with Crippen molar-refractivity contribution in [1.29, 1.82) is 5.26 Å². The summed E-state index contributed by atoms with van der Waals surface area (Å²) in [4.78, 5) is 0. The zero-order valence-electron chi connectivity index (χ0n) is 9.14. The summed E-state index contributed by atoms with van der Waals surface area (Å²) in [5, 5.41) is 16.7. The van der Waals surface area contributed by atoms with Gasteiger partial charge in [-0.1, -0.05) is 19.9 Å².